The molecule has 1 heterocycles. The maximum atomic E-state index is 13.2. The zero-order valence-corrected chi connectivity index (χ0v) is 17.9. The number of benzene rings is 3. The van der Waals surface area contributed by atoms with Crippen LogP contribution in [0.4, 0.5) is 18.9 Å². The van der Waals surface area contributed by atoms with Crippen LogP contribution in [0.5, 0.6) is 0 Å². The van der Waals surface area contributed by atoms with Gasteiger partial charge in [-0.05, 0) is 35.4 Å². The van der Waals surface area contributed by atoms with E-state index in [0.717, 1.165) is 29.2 Å². The molecule has 3 aromatic rings. The normalized spacial score (nSPS) is 17.6. The lowest BCUT2D eigenvalue weighted by Gasteiger charge is -2.25. The lowest BCUT2D eigenvalue weighted by Crippen LogP contribution is -2.29. The van der Waals surface area contributed by atoms with Gasteiger partial charge in [-0.25, -0.2) is 0 Å². The zero-order chi connectivity index (χ0) is 25.3. The average molecular weight is 482 g/mol. The molecule has 10 heteroatoms. The molecular formula is C25H17F3N2O5. The summed E-state index contributed by atoms with van der Waals surface area (Å²) in [5.41, 5.74) is -0.698. The van der Waals surface area contributed by atoms with Gasteiger partial charge in [0, 0.05) is 24.2 Å². The number of amides is 1. The highest BCUT2D eigenvalue weighted by molar-refractivity contribution is 6.46. The second kappa shape index (κ2) is 9.05. The van der Waals surface area contributed by atoms with Gasteiger partial charge in [0.1, 0.15) is 5.76 Å². The number of Topliss-reactive ketones (excluding diaryl/α,β-unsaturated/α-hetero) is 1. The third kappa shape index (κ3) is 4.63. The number of aliphatic hydroxyl groups is 1. The van der Waals surface area contributed by atoms with Gasteiger partial charge in [-0.15, -0.1) is 0 Å². The van der Waals surface area contributed by atoms with Crippen LogP contribution in [0, 0.1) is 10.1 Å². The van der Waals surface area contributed by atoms with E-state index in [1.807, 2.05) is 0 Å². The van der Waals surface area contributed by atoms with Gasteiger partial charge < -0.3 is 10.0 Å². The Kier molecular flexibility index (Phi) is 6.12. The molecule has 0 radical (unpaired) electrons. The maximum absolute atomic E-state index is 13.2. The van der Waals surface area contributed by atoms with Crippen molar-refractivity contribution < 1.29 is 32.8 Å². The molecule has 0 saturated carbocycles. The number of rotatable bonds is 5. The summed E-state index contributed by atoms with van der Waals surface area (Å²) in [5.74, 6) is -2.54. The third-order valence-corrected chi connectivity index (χ3v) is 5.61. The number of hydrogen-bond acceptors (Lipinski definition) is 5. The Labute approximate surface area is 196 Å². The summed E-state index contributed by atoms with van der Waals surface area (Å²) >= 11 is 0. The number of non-ortho nitro benzene ring substituents is 1. The van der Waals surface area contributed by atoms with Gasteiger partial charge in [-0.3, -0.25) is 19.7 Å². The fourth-order valence-corrected chi connectivity index (χ4v) is 3.96. The zero-order valence-electron chi connectivity index (χ0n) is 17.9. The smallest absolute Gasteiger partial charge is 0.416 e. The molecule has 1 fully saturated rings. The summed E-state index contributed by atoms with van der Waals surface area (Å²) in [4.78, 5) is 37.4. The number of carbonyl (C=O) groups excluding carboxylic acids is 2. The fourth-order valence-electron chi connectivity index (χ4n) is 3.96. The number of likely N-dealkylation sites (tertiary alicyclic amines) is 1. The molecule has 1 aliphatic rings. The van der Waals surface area contributed by atoms with Crippen molar-refractivity contribution in [1.82, 2.24) is 4.90 Å². The summed E-state index contributed by atoms with van der Waals surface area (Å²) < 4.78 is 39.5. The largest absolute Gasteiger partial charge is 0.507 e. The van der Waals surface area contributed by atoms with Gasteiger partial charge in [-0.2, -0.15) is 13.2 Å². The van der Waals surface area contributed by atoms with E-state index in [-0.39, 0.29) is 28.9 Å². The first kappa shape index (κ1) is 23.7. The second-order valence-electron chi connectivity index (χ2n) is 7.84. The first-order valence-corrected chi connectivity index (χ1v) is 10.3. The van der Waals surface area contributed by atoms with Crippen molar-refractivity contribution in [2.75, 3.05) is 0 Å². The van der Waals surface area contributed by atoms with Gasteiger partial charge in [0.05, 0.1) is 22.1 Å². The Balaban J connectivity index is 1.81. The third-order valence-electron chi connectivity index (χ3n) is 5.61. The molecule has 3 aromatic carbocycles. The van der Waals surface area contributed by atoms with Gasteiger partial charge in [0.15, 0.2) is 0 Å². The van der Waals surface area contributed by atoms with E-state index >= 15 is 0 Å². The standard InChI is InChI=1S/C25H17F3N2O5/c26-25(27,28)18-8-4-5-15(13-18)14-29-21(16-6-2-1-3-7-16)20(23(32)24(29)33)22(31)17-9-11-19(12-10-17)30(34)35/h1-13,21,31H,14H2/b22-20+. The molecule has 1 aliphatic heterocycles. The molecule has 4 rings (SSSR count). The molecule has 1 amide bonds. The first-order chi connectivity index (χ1) is 16.6. The number of halogens is 3. The van der Waals surface area contributed by atoms with Crippen molar-refractivity contribution in [3.8, 4) is 0 Å². The second-order valence-corrected chi connectivity index (χ2v) is 7.84. The lowest BCUT2D eigenvalue weighted by molar-refractivity contribution is -0.384. The molecule has 35 heavy (non-hydrogen) atoms. The molecule has 0 aliphatic carbocycles. The van der Waals surface area contributed by atoms with Gasteiger partial charge >= 0.3 is 6.18 Å². The molecule has 0 aromatic heterocycles. The van der Waals surface area contributed by atoms with Crippen LogP contribution in [0.15, 0.2) is 84.4 Å². The molecule has 1 atom stereocenters. The van der Waals surface area contributed by atoms with E-state index in [1.165, 1.54) is 24.3 Å². The van der Waals surface area contributed by atoms with Crippen LogP contribution in [-0.2, 0) is 22.3 Å². The minimum Gasteiger partial charge on any atom is -0.507 e. The van der Waals surface area contributed by atoms with E-state index in [9.17, 15) is 38.0 Å². The van der Waals surface area contributed by atoms with Crippen molar-refractivity contribution in [2.45, 2.75) is 18.8 Å². The molecule has 1 unspecified atom stereocenters. The first-order valence-electron chi connectivity index (χ1n) is 10.3. The number of hydrogen-bond donors (Lipinski definition) is 1. The summed E-state index contributed by atoms with van der Waals surface area (Å²) in [6.07, 6.45) is -4.58. The predicted molar refractivity (Wildman–Crippen MR) is 119 cm³/mol. The molecule has 7 nitrogen and oxygen atoms in total. The number of ketones is 1. The van der Waals surface area contributed by atoms with E-state index in [1.54, 1.807) is 30.3 Å². The number of nitro groups is 1. The van der Waals surface area contributed by atoms with Crippen molar-refractivity contribution in [1.29, 1.82) is 0 Å². The average Bonchev–Trinajstić information content (AvgIpc) is 3.09. The summed E-state index contributed by atoms with van der Waals surface area (Å²) in [7, 11) is 0. The summed E-state index contributed by atoms with van der Waals surface area (Å²) in [6, 6.07) is 16.4. The Morgan fingerprint density at radius 3 is 2.23 bits per heavy atom. The Bertz CT molecular complexity index is 1340. The van der Waals surface area contributed by atoms with E-state index in [4.69, 9.17) is 0 Å². The Morgan fingerprint density at radius 2 is 1.63 bits per heavy atom. The molecule has 178 valence electrons. The predicted octanol–water partition coefficient (Wildman–Crippen LogP) is 5.24. The van der Waals surface area contributed by atoms with Crippen LogP contribution in [-0.4, -0.2) is 26.6 Å². The molecular weight excluding hydrogens is 465 g/mol. The highest BCUT2D eigenvalue weighted by Crippen LogP contribution is 2.40. The molecule has 0 bridgehead atoms. The Hall–Kier alpha value is -4.47. The highest BCUT2D eigenvalue weighted by atomic mass is 19.4. The van der Waals surface area contributed by atoms with Crippen LogP contribution in [0.3, 0.4) is 0 Å². The maximum Gasteiger partial charge on any atom is 0.416 e. The van der Waals surface area contributed by atoms with Gasteiger partial charge in [-0.1, -0.05) is 42.5 Å². The minimum absolute atomic E-state index is 0.0774. The van der Waals surface area contributed by atoms with E-state index in [0.29, 0.717) is 5.56 Å². The van der Waals surface area contributed by atoms with Crippen molar-refractivity contribution in [3.05, 3.63) is 117 Å². The number of carbonyl (C=O) groups is 2. The fraction of sp³-hybridized carbons (Fsp3) is 0.120. The van der Waals surface area contributed by atoms with Crippen molar-refractivity contribution in [2.24, 2.45) is 0 Å². The van der Waals surface area contributed by atoms with Crippen molar-refractivity contribution >= 4 is 23.1 Å². The lowest BCUT2D eigenvalue weighted by atomic mass is 9.95. The molecule has 1 saturated heterocycles. The van der Waals surface area contributed by atoms with Gasteiger partial charge in [0.25, 0.3) is 17.4 Å². The quantitative estimate of drug-likeness (QED) is 0.176. The number of alkyl halides is 3. The van der Waals surface area contributed by atoms with Gasteiger partial charge in [0.2, 0.25) is 0 Å². The van der Waals surface area contributed by atoms with Crippen LogP contribution in [0.25, 0.3) is 5.76 Å². The minimum atomic E-state index is -4.58. The van der Waals surface area contributed by atoms with Crippen LogP contribution < -0.4 is 0 Å². The van der Waals surface area contributed by atoms with Crippen LogP contribution in [0.1, 0.15) is 28.3 Å². The van der Waals surface area contributed by atoms with E-state index < -0.39 is 40.2 Å². The molecule has 1 N–H and O–H groups in total. The van der Waals surface area contributed by atoms with Crippen LogP contribution >= 0.6 is 0 Å². The van der Waals surface area contributed by atoms with E-state index in [2.05, 4.69) is 0 Å². The topological polar surface area (TPSA) is 101 Å². The summed E-state index contributed by atoms with van der Waals surface area (Å²) in [6.45, 7) is -0.314. The SMILES string of the molecule is O=C1C(=O)N(Cc2cccc(C(F)(F)F)c2)C(c2ccccc2)/C1=C(\O)c1ccc([N+](=O)[O-])cc1. The number of aliphatic hydroxyl groups excluding tert-OH is 1. The summed E-state index contributed by atoms with van der Waals surface area (Å²) in [5, 5.41) is 21.9. The Morgan fingerprint density at radius 1 is 0.971 bits per heavy atom. The van der Waals surface area contributed by atoms with Crippen LogP contribution in [0.2, 0.25) is 0 Å². The highest BCUT2D eigenvalue weighted by Gasteiger charge is 2.46. The van der Waals surface area contributed by atoms with Crippen molar-refractivity contribution in [3.63, 3.8) is 0 Å². The monoisotopic (exact) mass is 482 g/mol. The number of nitrogens with zero attached hydrogens (tertiary/aromatic N) is 2. The number of nitro benzene ring substituents is 1. The molecule has 0 spiro atoms.